The highest BCUT2D eigenvalue weighted by molar-refractivity contribution is 14.1. The molecule has 21 heavy (non-hydrogen) atoms. The number of ether oxygens (including phenoxy) is 1. The Morgan fingerprint density at radius 2 is 2.14 bits per heavy atom. The van der Waals surface area contributed by atoms with Gasteiger partial charge in [0.1, 0.15) is 17.9 Å². The highest BCUT2D eigenvalue weighted by Gasteiger charge is 2.20. The third kappa shape index (κ3) is 3.37. The highest BCUT2D eigenvalue weighted by atomic mass is 127. The van der Waals surface area contributed by atoms with Gasteiger partial charge < -0.3 is 15.6 Å². The number of nitrogens with zero attached hydrogens (tertiary/aromatic N) is 1. The van der Waals surface area contributed by atoms with E-state index >= 15 is 0 Å². The number of carboxylic acids is 1. The van der Waals surface area contributed by atoms with Crippen molar-refractivity contribution >= 4 is 45.2 Å². The van der Waals surface area contributed by atoms with E-state index in [1.165, 1.54) is 0 Å². The van der Waals surface area contributed by atoms with Crippen LogP contribution in [-0.4, -0.2) is 26.1 Å². The molecule has 0 saturated heterocycles. The van der Waals surface area contributed by atoms with E-state index in [-0.39, 0.29) is 14.7 Å². The lowest BCUT2D eigenvalue weighted by atomic mass is 10.1. The monoisotopic (exact) mass is 400 g/mol. The van der Waals surface area contributed by atoms with Gasteiger partial charge in [-0.2, -0.15) is 0 Å². The minimum atomic E-state index is -1.08. The van der Waals surface area contributed by atoms with Gasteiger partial charge in [0.05, 0.1) is 25.7 Å². The van der Waals surface area contributed by atoms with Crippen LogP contribution in [0.5, 0.6) is 5.75 Å². The van der Waals surface area contributed by atoms with Gasteiger partial charge in [-0.25, -0.2) is 4.79 Å². The van der Waals surface area contributed by atoms with E-state index < -0.39 is 5.97 Å². The van der Waals surface area contributed by atoms with E-state index in [1.807, 2.05) is 19.9 Å². The number of benzene rings is 1. The number of pyridine rings is 1. The number of carboxylic acid groups (broad SMARTS) is 1. The number of aryl methyl sites for hydroxylation is 1. The minimum Gasteiger partial charge on any atom is -0.491 e. The fourth-order valence-corrected chi connectivity index (χ4v) is 2.24. The first-order valence-electron chi connectivity index (χ1n) is 6.44. The Labute approximate surface area is 136 Å². The molecule has 0 aliphatic heterocycles. The van der Waals surface area contributed by atoms with Gasteiger partial charge in [-0.1, -0.05) is 28.7 Å². The lowest BCUT2D eigenvalue weighted by Crippen LogP contribution is -2.20. The Bertz CT molecular complexity index is 708. The highest BCUT2D eigenvalue weighted by Crippen LogP contribution is 2.34. The third-order valence-electron chi connectivity index (χ3n) is 2.98. The van der Waals surface area contributed by atoms with Gasteiger partial charge in [-0.15, -0.1) is 0 Å². The van der Waals surface area contributed by atoms with E-state index in [4.69, 9.17) is 10.5 Å². The fourth-order valence-electron chi connectivity index (χ4n) is 2.08. The van der Waals surface area contributed by atoms with Crippen molar-refractivity contribution < 1.29 is 14.6 Å². The zero-order valence-electron chi connectivity index (χ0n) is 12.1. The van der Waals surface area contributed by atoms with Gasteiger partial charge in [-0.05, 0) is 32.9 Å². The summed E-state index contributed by atoms with van der Waals surface area (Å²) in [5.74, 6) is -0.520. The number of aromatic nitrogens is 1. The minimum absolute atomic E-state index is 0.0345. The summed E-state index contributed by atoms with van der Waals surface area (Å²) >= 11 is 2.29. The molecule has 0 bridgehead atoms. The fraction of sp³-hybridized carbons (Fsp3) is 0.333. The van der Waals surface area contributed by atoms with Crippen LogP contribution >= 0.6 is 22.6 Å². The SMILES string of the molecule is Cc1nc2cccc(OCC(C)(C)I)c2c(N)c1C(=O)O. The maximum absolute atomic E-state index is 11.4. The van der Waals surface area contributed by atoms with Gasteiger partial charge in [0, 0.05) is 0 Å². The predicted octanol–water partition coefficient (Wildman–Crippen LogP) is 3.42. The molecular weight excluding hydrogens is 383 g/mol. The number of carbonyl (C=O) groups is 1. The number of nitrogens with two attached hydrogens (primary N) is 1. The molecule has 0 atom stereocenters. The van der Waals surface area contributed by atoms with Crippen LogP contribution < -0.4 is 10.5 Å². The van der Waals surface area contributed by atoms with Crippen molar-refractivity contribution in [2.45, 2.75) is 24.2 Å². The smallest absolute Gasteiger partial charge is 0.339 e. The van der Waals surface area contributed by atoms with E-state index in [9.17, 15) is 9.90 Å². The van der Waals surface area contributed by atoms with Gasteiger partial charge in [0.2, 0.25) is 0 Å². The number of rotatable bonds is 4. The van der Waals surface area contributed by atoms with Gasteiger partial charge >= 0.3 is 5.97 Å². The summed E-state index contributed by atoms with van der Waals surface area (Å²) in [5, 5.41) is 9.85. The molecule has 0 aliphatic rings. The molecule has 1 heterocycles. The number of nitrogen functional groups attached to an aromatic ring is 1. The summed E-state index contributed by atoms with van der Waals surface area (Å²) in [6, 6.07) is 5.40. The first-order valence-corrected chi connectivity index (χ1v) is 7.52. The molecule has 2 aromatic rings. The van der Waals surface area contributed by atoms with Crippen molar-refractivity contribution in [2.24, 2.45) is 0 Å². The maximum atomic E-state index is 11.4. The lowest BCUT2D eigenvalue weighted by Gasteiger charge is -2.19. The number of hydrogen-bond acceptors (Lipinski definition) is 4. The second-order valence-electron chi connectivity index (χ2n) is 5.45. The molecular formula is C15H17IN2O3. The number of aromatic carboxylic acids is 1. The summed E-state index contributed by atoms with van der Waals surface area (Å²) < 4.78 is 5.78. The van der Waals surface area contributed by atoms with Crippen molar-refractivity contribution in [3.05, 3.63) is 29.5 Å². The maximum Gasteiger partial charge on any atom is 0.339 e. The quantitative estimate of drug-likeness (QED) is 0.607. The Kier molecular flexibility index (Phi) is 4.27. The Hall–Kier alpha value is -1.57. The number of alkyl halides is 1. The average molecular weight is 400 g/mol. The molecule has 3 N–H and O–H groups in total. The first kappa shape index (κ1) is 15.8. The van der Waals surface area contributed by atoms with Crippen molar-refractivity contribution in [3.8, 4) is 5.75 Å². The number of fused-ring (bicyclic) bond motifs is 1. The van der Waals surface area contributed by atoms with Crippen LogP contribution in [0.3, 0.4) is 0 Å². The second kappa shape index (κ2) is 5.67. The van der Waals surface area contributed by atoms with Crippen LogP contribution in [-0.2, 0) is 0 Å². The molecule has 1 aromatic heterocycles. The third-order valence-corrected chi connectivity index (χ3v) is 3.29. The topological polar surface area (TPSA) is 85.4 Å². The Morgan fingerprint density at radius 1 is 1.48 bits per heavy atom. The average Bonchev–Trinajstić information content (AvgIpc) is 2.34. The van der Waals surface area contributed by atoms with Crippen molar-refractivity contribution in [1.82, 2.24) is 4.98 Å². The van der Waals surface area contributed by atoms with Gasteiger partial charge in [0.15, 0.2) is 0 Å². The molecule has 5 nitrogen and oxygen atoms in total. The van der Waals surface area contributed by atoms with E-state index in [0.29, 0.717) is 29.0 Å². The molecule has 0 saturated carbocycles. The largest absolute Gasteiger partial charge is 0.491 e. The zero-order valence-corrected chi connectivity index (χ0v) is 14.3. The molecule has 0 fully saturated rings. The summed E-state index contributed by atoms with van der Waals surface area (Å²) in [4.78, 5) is 15.7. The molecule has 112 valence electrons. The van der Waals surface area contributed by atoms with Gasteiger partial charge in [0.25, 0.3) is 0 Å². The van der Waals surface area contributed by atoms with Crippen molar-refractivity contribution in [2.75, 3.05) is 12.3 Å². The molecule has 0 radical (unpaired) electrons. The van der Waals surface area contributed by atoms with E-state index in [2.05, 4.69) is 27.6 Å². The molecule has 0 spiro atoms. The molecule has 2 rings (SSSR count). The van der Waals surface area contributed by atoms with E-state index in [0.717, 1.165) is 0 Å². The summed E-state index contributed by atoms with van der Waals surface area (Å²) in [6.45, 7) is 6.23. The van der Waals surface area contributed by atoms with Crippen molar-refractivity contribution in [3.63, 3.8) is 0 Å². The normalized spacial score (nSPS) is 11.6. The summed E-state index contributed by atoms with van der Waals surface area (Å²) in [6.07, 6.45) is 0. The van der Waals surface area contributed by atoms with Crippen LogP contribution in [0.4, 0.5) is 5.69 Å². The second-order valence-corrected chi connectivity index (χ2v) is 8.37. The summed E-state index contributed by atoms with van der Waals surface area (Å²) in [7, 11) is 0. The molecule has 1 aromatic carbocycles. The molecule has 0 amide bonds. The molecule has 6 heteroatoms. The number of anilines is 1. The molecule has 0 unspecified atom stereocenters. The summed E-state index contributed by atoms with van der Waals surface area (Å²) in [5.41, 5.74) is 7.33. The molecule has 0 aliphatic carbocycles. The van der Waals surface area contributed by atoms with Crippen LogP contribution in [0.25, 0.3) is 10.9 Å². The lowest BCUT2D eigenvalue weighted by molar-refractivity contribution is 0.0697. The number of hydrogen-bond donors (Lipinski definition) is 2. The standard InChI is InChI=1S/C15H17IN2O3/c1-8-11(14(19)20)13(17)12-9(18-8)5-4-6-10(12)21-7-15(2,3)16/h4-6H,7H2,1-3H3,(H2,17,18)(H,19,20). The van der Waals surface area contributed by atoms with Crippen LogP contribution in [0.1, 0.15) is 29.9 Å². The Balaban J connectivity index is 2.62. The van der Waals surface area contributed by atoms with E-state index in [1.54, 1.807) is 19.1 Å². The van der Waals surface area contributed by atoms with Crippen LogP contribution in [0, 0.1) is 6.92 Å². The number of halogens is 1. The van der Waals surface area contributed by atoms with Crippen molar-refractivity contribution in [1.29, 1.82) is 0 Å². The van der Waals surface area contributed by atoms with Gasteiger partial charge in [-0.3, -0.25) is 4.98 Å². The first-order chi connectivity index (χ1) is 9.70. The predicted molar refractivity (Wildman–Crippen MR) is 91.4 cm³/mol. The van der Waals surface area contributed by atoms with Crippen LogP contribution in [0.2, 0.25) is 0 Å². The Morgan fingerprint density at radius 3 is 2.71 bits per heavy atom. The van der Waals surface area contributed by atoms with Crippen LogP contribution in [0.15, 0.2) is 18.2 Å². The zero-order chi connectivity index (χ0) is 15.8.